The van der Waals surface area contributed by atoms with Crippen molar-refractivity contribution in [1.29, 1.82) is 0 Å². The third kappa shape index (κ3) is 29.8. The summed E-state index contributed by atoms with van der Waals surface area (Å²) >= 11 is 0. The molecule has 9 atom stereocenters. The molecule has 1 aliphatic rings. The molecule has 1 rings (SSSR count). The van der Waals surface area contributed by atoms with Gasteiger partial charge in [0, 0.05) is 12.8 Å². The fraction of sp³-hybridized carbons (Fsp3) is 0.689. The third-order valence-corrected chi connectivity index (χ3v) is 11.3. The van der Waals surface area contributed by atoms with Gasteiger partial charge in [0.25, 0.3) is 0 Å². The van der Waals surface area contributed by atoms with Crippen molar-refractivity contribution >= 4 is 27.6 Å². The smallest absolute Gasteiger partial charge is 0.462 e. The Morgan fingerprint density at radius 3 is 1.64 bits per heavy atom. The van der Waals surface area contributed by atoms with E-state index in [2.05, 4.69) is 47.9 Å². The highest BCUT2D eigenvalue weighted by Gasteiger charge is 2.54. The number of esters is 2. The SMILES string of the molecule is CCC/C=C\C/C=C\CCCCCCCC(=O)OC[C@H](COP(=O)(O)O[C@H]1C(O)C(O)C(O)[C@@H](OP(=O)(O)O)C1O)OC(=O)CCC/C=C\C/C=C\C/C=C\C/C=C\CC(O)CCC. The number of hydrogen-bond donors (Lipinski definition) is 8. The van der Waals surface area contributed by atoms with Crippen LogP contribution >= 0.6 is 15.6 Å². The van der Waals surface area contributed by atoms with E-state index >= 15 is 0 Å². The van der Waals surface area contributed by atoms with Gasteiger partial charge in [-0.05, 0) is 77.0 Å². The zero-order valence-electron chi connectivity index (χ0n) is 37.5. The molecule has 0 aliphatic heterocycles. The van der Waals surface area contributed by atoms with Gasteiger partial charge in [0.05, 0.1) is 12.7 Å². The molecule has 19 heteroatoms. The van der Waals surface area contributed by atoms with Gasteiger partial charge in [0.1, 0.15) is 43.2 Å². The van der Waals surface area contributed by atoms with Gasteiger partial charge in [-0.15, -0.1) is 0 Å². The molecule has 1 aliphatic carbocycles. The van der Waals surface area contributed by atoms with Gasteiger partial charge in [0.15, 0.2) is 6.10 Å². The Labute approximate surface area is 379 Å². The minimum absolute atomic E-state index is 0.0534. The zero-order valence-corrected chi connectivity index (χ0v) is 39.3. The second kappa shape index (κ2) is 35.6. The fourth-order valence-electron chi connectivity index (χ4n) is 6.31. The van der Waals surface area contributed by atoms with Gasteiger partial charge in [0.2, 0.25) is 0 Å². The second-order valence-corrected chi connectivity index (χ2v) is 18.2. The van der Waals surface area contributed by atoms with Crippen LogP contribution in [0.4, 0.5) is 0 Å². The maximum atomic E-state index is 13.0. The number of carbonyl (C=O) groups is 2. The largest absolute Gasteiger partial charge is 0.472 e. The Bertz CT molecular complexity index is 1540. The highest BCUT2D eigenvalue weighted by molar-refractivity contribution is 7.47. The van der Waals surface area contributed by atoms with Crippen molar-refractivity contribution in [3.63, 3.8) is 0 Å². The molecule has 0 bridgehead atoms. The lowest BCUT2D eigenvalue weighted by atomic mass is 9.85. The summed E-state index contributed by atoms with van der Waals surface area (Å²) in [6, 6.07) is 0. The van der Waals surface area contributed by atoms with Crippen LogP contribution in [-0.4, -0.2) is 114 Å². The van der Waals surface area contributed by atoms with E-state index in [0.717, 1.165) is 77.0 Å². The van der Waals surface area contributed by atoms with Crippen molar-refractivity contribution in [3.8, 4) is 0 Å². The van der Waals surface area contributed by atoms with Gasteiger partial charge in [-0.25, -0.2) is 9.13 Å². The first-order chi connectivity index (χ1) is 30.5. The molecule has 0 aromatic heterocycles. The molecule has 0 aromatic rings. The predicted molar refractivity (Wildman–Crippen MR) is 242 cm³/mol. The first-order valence-corrected chi connectivity index (χ1v) is 25.6. The van der Waals surface area contributed by atoms with Gasteiger partial charge in [-0.1, -0.05) is 119 Å². The fourth-order valence-corrected chi connectivity index (χ4v) is 7.84. The number of allylic oxidation sites excluding steroid dienone is 11. The topological polar surface area (TPSA) is 276 Å². The van der Waals surface area contributed by atoms with Crippen LogP contribution in [-0.2, 0) is 41.8 Å². The Kier molecular flexibility index (Phi) is 33.0. The molecule has 6 unspecified atom stereocenters. The van der Waals surface area contributed by atoms with E-state index < -0.39 is 83.5 Å². The highest BCUT2D eigenvalue weighted by Crippen LogP contribution is 2.49. The number of rotatable bonds is 36. The Morgan fingerprint density at radius 1 is 0.562 bits per heavy atom. The summed E-state index contributed by atoms with van der Waals surface area (Å²) in [6.07, 6.45) is 23.6. The highest BCUT2D eigenvalue weighted by atomic mass is 31.2. The van der Waals surface area contributed by atoms with Gasteiger partial charge in [-0.3, -0.25) is 23.2 Å². The third-order valence-electron chi connectivity index (χ3n) is 9.79. The maximum Gasteiger partial charge on any atom is 0.472 e. The monoisotopic (exact) mass is 950 g/mol. The summed E-state index contributed by atoms with van der Waals surface area (Å²) in [5.41, 5.74) is 0. The van der Waals surface area contributed by atoms with Crippen LogP contribution in [0.15, 0.2) is 72.9 Å². The average molecular weight is 951 g/mol. The molecule has 0 amide bonds. The van der Waals surface area contributed by atoms with Crippen molar-refractivity contribution in [2.45, 2.75) is 185 Å². The van der Waals surface area contributed by atoms with E-state index in [0.29, 0.717) is 32.1 Å². The molecule has 0 saturated heterocycles. The molecule has 0 spiro atoms. The lowest BCUT2D eigenvalue weighted by Crippen LogP contribution is -2.64. The normalized spacial score (nSPS) is 23.0. The van der Waals surface area contributed by atoms with Crippen molar-refractivity contribution in [2.24, 2.45) is 0 Å². The van der Waals surface area contributed by atoms with E-state index in [4.69, 9.17) is 28.3 Å². The Balaban J connectivity index is 2.68. The number of aliphatic hydroxyl groups is 5. The van der Waals surface area contributed by atoms with Crippen molar-refractivity contribution in [2.75, 3.05) is 13.2 Å². The summed E-state index contributed by atoms with van der Waals surface area (Å²) in [5, 5.41) is 50.9. The minimum atomic E-state index is -5.38. The van der Waals surface area contributed by atoms with Gasteiger partial charge >= 0.3 is 27.6 Å². The molecule has 8 N–H and O–H groups in total. The van der Waals surface area contributed by atoms with Crippen molar-refractivity contribution in [1.82, 2.24) is 0 Å². The number of phosphoric ester groups is 2. The van der Waals surface area contributed by atoms with Crippen LogP contribution in [0.1, 0.15) is 136 Å². The van der Waals surface area contributed by atoms with Crippen LogP contribution in [0.3, 0.4) is 0 Å². The first kappa shape index (κ1) is 59.4. The van der Waals surface area contributed by atoms with Crippen LogP contribution in [0.25, 0.3) is 0 Å². The molecule has 1 fully saturated rings. The standard InChI is InChI=1S/C45H76O17P2/c1-3-5-6-7-8-9-10-12-16-19-22-25-28-32-38(47)58-34-37(35-59-64(56,57)62-45-42(51)40(49)41(50)44(43(45)52)61-63(53,54)55)60-39(48)33-29-26-23-20-17-14-11-13-15-18-21-24-27-31-36(46)30-4-2/h6-7,9-11,14-15,18,20,23-24,27,36-37,40-46,49-52H,3-5,8,12-13,16-17,19,21-22,25-26,28-35H2,1-2H3,(H,56,57)(H2,53,54,55)/b7-6-,10-9-,14-11-,18-15-,23-20-,27-24-/t36?,37-,40?,41?,42?,43?,44-,45+/m1/s1. The minimum Gasteiger partial charge on any atom is -0.462 e. The molecule has 0 heterocycles. The Morgan fingerprint density at radius 2 is 1.06 bits per heavy atom. The summed E-state index contributed by atoms with van der Waals surface area (Å²) in [7, 11) is -10.7. The molecule has 1 saturated carbocycles. The van der Waals surface area contributed by atoms with E-state index in [1.807, 2.05) is 43.4 Å². The average Bonchev–Trinajstić information content (AvgIpc) is 3.24. The molecular weight excluding hydrogens is 874 g/mol. The first-order valence-electron chi connectivity index (χ1n) is 22.6. The van der Waals surface area contributed by atoms with Crippen molar-refractivity contribution in [3.05, 3.63) is 72.9 Å². The quantitative estimate of drug-likeness (QED) is 0.0135. The van der Waals surface area contributed by atoms with E-state index in [1.54, 1.807) is 0 Å². The summed E-state index contributed by atoms with van der Waals surface area (Å²) in [6.45, 7) is 2.76. The Hall–Kier alpha value is -2.60. The number of hydrogen-bond acceptors (Lipinski definition) is 14. The van der Waals surface area contributed by atoms with Crippen LogP contribution in [0.2, 0.25) is 0 Å². The van der Waals surface area contributed by atoms with Crippen LogP contribution < -0.4 is 0 Å². The summed E-state index contributed by atoms with van der Waals surface area (Å²) in [4.78, 5) is 54.1. The maximum absolute atomic E-state index is 13.0. The number of carbonyl (C=O) groups excluding carboxylic acids is 2. The molecule has 0 aromatic carbocycles. The number of phosphoric acid groups is 2. The second-order valence-electron chi connectivity index (χ2n) is 15.6. The predicted octanol–water partition coefficient (Wildman–Crippen LogP) is 7.03. The van der Waals surface area contributed by atoms with E-state index in [1.165, 1.54) is 0 Å². The van der Waals surface area contributed by atoms with Gasteiger partial charge in [-0.2, -0.15) is 0 Å². The number of unbranched alkanes of at least 4 members (excludes halogenated alkanes) is 7. The summed E-state index contributed by atoms with van der Waals surface area (Å²) in [5.74, 6) is -1.32. The molecule has 64 heavy (non-hydrogen) atoms. The van der Waals surface area contributed by atoms with Crippen LogP contribution in [0.5, 0.6) is 0 Å². The van der Waals surface area contributed by atoms with E-state index in [-0.39, 0.29) is 18.9 Å². The molecule has 17 nitrogen and oxygen atoms in total. The molecular formula is C45H76O17P2. The molecule has 368 valence electrons. The summed E-state index contributed by atoms with van der Waals surface area (Å²) < 4.78 is 49.2. The zero-order chi connectivity index (χ0) is 47.6. The van der Waals surface area contributed by atoms with E-state index in [9.17, 15) is 49.1 Å². The van der Waals surface area contributed by atoms with Crippen molar-refractivity contribution < 1.29 is 82.0 Å². The lowest BCUT2D eigenvalue weighted by molar-refractivity contribution is -0.216. The molecule has 0 radical (unpaired) electrons. The van der Waals surface area contributed by atoms with Crippen LogP contribution in [0, 0.1) is 0 Å². The lowest BCUT2D eigenvalue weighted by Gasteiger charge is -2.43. The number of ether oxygens (including phenoxy) is 2. The number of aliphatic hydroxyl groups excluding tert-OH is 5. The van der Waals surface area contributed by atoms with Gasteiger partial charge < -0.3 is 49.7 Å².